The summed E-state index contributed by atoms with van der Waals surface area (Å²) >= 11 is 0. The summed E-state index contributed by atoms with van der Waals surface area (Å²) in [4.78, 5) is 25.6. The summed E-state index contributed by atoms with van der Waals surface area (Å²) < 4.78 is 53.3. The number of hydrogen-bond acceptors (Lipinski definition) is 10. The lowest BCUT2D eigenvalue weighted by atomic mass is 9.72. The fourth-order valence-electron chi connectivity index (χ4n) is 5.78. The number of aromatic hydroxyl groups is 2. The Balaban J connectivity index is 1.78. The van der Waals surface area contributed by atoms with Gasteiger partial charge in [0.1, 0.15) is 29.3 Å². The number of benzene rings is 1. The van der Waals surface area contributed by atoms with Crippen molar-refractivity contribution in [3.05, 3.63) is 34.9 Å². The van der Waals surface area contributed by atoms with Gasteiger partial charge in [0.15, 0.2) is 12.3 Å². The summed E-state index contributed by atoms with van der Waals surface area (Å²) in [6.07, 6.45) is -9.46. The Morgan fingerprint density at radius 3 is 2.39 bits per heavy atom. The molecule has 1 saturated heterocycles. The van der Waals surface area contributed by atoms with Crippen LogP contribution in [0.1, 0.15) is 68.4 Å². The van der Waals surface area contributed by atoms with Crippen LogP contribution in [-0.2, 0) is 30.2 Å². The Morgan fingerprint density at radius 1 is 1.18 bits per heavy atom. The first-order chi connectivity index (χ1) is 20.4. The standard InChI is InChI=1S/C31H45F2NO10/c1-14(2)9-22(41-7)26(38)27(39)34-28(42-8)23-13-31(32,33)30(5,6)24(43-23)12-19(36)16(4)21-10-17-15(3)18(35)11-20(37)25(17)29(40)44-21/h11,16,19,21-24,26,28,35-38H,1,9-10,12-13H2,2-8H3,(H,34,39)/t16-,19+,21-,22+,23+,24-,26+,28+/m1/s1. The molecule has 44 heavy (non-hydrogen) atoms. The fourth-order valence-corrected chi connectivity index (χ4v) is 5.78. The van der Waals surface area contributed by atoms with E-state index in [0.717, 1.165) is 6.07 Å². The number of halogens is 2. The summed E-state index contributed by atoms with van der Waals surface area (Å²) in [6.45, 7) is 11.3. The van der Waals surface area contributed by atoms with Crippen LogP contribution >= 0.6 is 0 Å². The van der Waals surface area contributed by atoms with Crippen molar-refractivity contribution < 1.29 is 57.7 Å². The molecule has 0 bridgehead atoms. The molecule has 8 atom stereocenters. The predicted octanol–water partition coefficient (Wildman–Crippen LogP) is 3.12. The number of aliphatic hydroxyl groups is 2. The maximum absolute atomic E-state index is 15.6. The van der Waals surface area contributed by atoms with E-state index in [1.54, 1.807) is 20.8 Å². The molecule has 1 fully saturated rings. The second-order valence-electron chi connectivity index (χ2n) is 12.5. The number of phenols is 2. The molecule has 1 aromatic carbocycles. The molecule has 1 amide bonds. The van der Waals surface area contributed by atoms with Crippen molar-refractivity contribution in [2.24, 2.45) is 11.3 Å². The fraction of sp³-hybridized carbons (Fsp3) is 0.677. The number of alkyl halides is 2. The van der Waals surface area contributed by atoms with E-state index in [9.17, 15) is 30.0 Å². The van der Waals surface area contributed by atoms with Crippen LogP contribution in [0, 0.1) is 18.3 Å². The summed E-state index contributed by atoms with van der Waals surface area (Å²) in [5.41, 5.74) is -0.387. The van der Waals surface area contributed by atoms with Gasteiger partial charge in [0.2, 0.25) is 0 Å². The Labute approximate surface area is 256 Å². The van der Waals surface area contributed by atoms with E-state index in [1.807, 2.05) is 0 Å². The molecule has 2 aliphatic heterocycles. The van der Waals surface area contributed by atoms with Gasteiger partial charge in [0.05, 0.1) is 23.7 Å². The van der Waals surface area contributed by atoms with E-state index in [0.29, 0.717) is 16.7 Å². The minimum absolute atomic E-state index is 0.0632. The largest absolute Gasteiger partial charge is 0.508 e. The first kappa shape index (κ1) is 35.6. The van der Waals surface area contributed by atoms with Crippen LogP contribution in [0.15, 0.2) is 18.2 Å². The number of ether oxygens (including phenoxy) is 4. The SMILES string of the molecule is C=C(C)C[C@H](OC)[C@H](O)C(=O)N[C@@H](OC)[C@@H]1CC(F)(F)C(C)(C)[C@@H](C[C@H](O)[C@@H](C)[C@H]2Cc3c(C)c(O)cc(O)c3C(=O)O2)O1. The summed E-state index contributed by atoms with van der Waals surface area (Å²) in [7, 11) is 2.53. The molecule has 3 rings (SSSR count). The van der Waals surface area contributed by atoms with Gasteiger partial charge in [-0.05, 0) is 31.4 Å². The van der Waals surface area contributed by atoms with Gasteiger partial charge < -0.3 is 44.7 Å². The molecule has 248 valence electrons. The molecule has 13 heteroatoms. The molecular formula is C31H45F2NO10. The molecular weight excluding hydrogens is 584 g/mol. The lowest BCUT2D eigenvalue weighted by molar-refractivity contribution is -0.272. The zero-order valence-corrected chi connectivity index (χ0v) is 26.2. The Bertz CT molecular complexity index is 1240. The summed E-state index contributed by atoms with van der Waals surface area (Å²) in [5.74, 6) is -6.42. The molecule has 5 N–H and O–H groups in total. The third-order valence-corrected chi connectivity index (χ3v) is 9.08. The first-order valence-electron chi connectivity index (χ1n) is 14.5. The van der Waals surface area contributed by atoms with Crippen molar-refractivity contribution in [3.8, 4) is 11.5 Å². The van der Waals surface area contributed by atoms with E-state index < -0.39 is 84.2 Å². The molecule has 1 aromatic rings. The number of phenolic OH excluding ortho intramolecular Hbond substituents is 2. The minimum Gasteiger partial charge on any atom is -0.508 e. The highest BCUT2D eigenvalue weighted by atomic mass is 19.3. The van der Waals surface area contributed by atoms with Crippen LogP contribution in [0.3, 0.4) is 0 Å². The smallest absolute Gasteiger partial charge is 0.342 e. The molecule has 0 aromatic heterocycles. The molecule has 11 nitrogen and oxygen atoms in total. The summed E-state index contributed by atoms with van der Waals surface area (Å²) in [6, 6.07) is 1.06. The third-order valence-electron chi connectivity index (χ3n) is 9.08. The van der Waals surface area contributed by atoms with Crippen molar-refractivity contribution in [2.45, 2.75) is 109 Å². The highest BCUT2D eigenvalue weighted by molar-refractivity contribution is 5.96. The molecule has 0 aliphatic carbocycles. The van der Waals surface area contributed by atoms with Crippen molar-refractivity contribution in [3.63, 3.8) is 0 Å². The minimum atomic E-state index is -3.32. The van der Waals surface area contributed by atoms with Crippen molar-refractivity contribution in [2.75, 3.05) is 14.2 Å². The van der Waals surface area contributed by atoms with E-state index >= 15 is 8.78 Å². The van der Waals surface area contributed by atoms with Crippen molar-refractivity contribution >= 4 is 11.9 Å². The zero-order valence-electron chi connectivity index (χ0n) is 26.2. The van der Waals surface area contributed by atoms with E-state index in [-0.39, 0.29) is 30.6 Å². The van der Waals surface area contributed by atoms with Gasteiger partial charge in [-0.3, -0.25) is 4.79 Å². The lowest BCUT2D eigenvalue weighted by Crippen LogP contribution is -2.61. The van der Waals surface area contributed by atoms with Crippen molar-refractivity contribution in [1.29, 1.82) is 0 Å². The van der Waals surface area contributed by atoms with Gasteiger partial charge in [0.25, 0.3) is 11.8 Å². The van der Waals surface area contributed by atoms with Gasteiger partial charge in [-0.15, -0.1) is 6.58 Å². The van der Waals surface area contributed by atoms with Crippen LogP contribution < -0.4 is 5.32 Å². The number of hydrogen-bond donors (Lipinski definition) is 5. The molecule has 0 spiro atoms. The van der Waals surface area contributed by atoms with Gasteiger partial charge in [-0.2, -0.15) is 0 Å². The van der Waals surface area contributed by atoms with Gasteiger partial charge in [-0.1, -0.05) is 26.3 Å². The Kier molecular flexibility index (Phi) is 11.1. The summed E-state index contributed by atoms with van der Waals surface area (Å²) in [5, 5.41) is 44.5. The molecule has 2 aliphatic rings. The number of rotatable bonds is 12. The van der Waals surface area contributed by atoms with Crippen LogP contribution in [0.5, 0.6) is 11.5 Å². The number of methoxy groups -OCH3 is 2. The maximum atomic E-state index is 15.6. The van der Waals surface area contributed by atoms with Gasteiger partial charge in [-0.25, -0.2) is 13.6 Å². The van der Waals surface area contributed by atoms with E-state index in [1.165, 1.54) is 28.1 Å². The molecule has 0 saturated carbocycles. The van der Waals surface area contributed by atoms with E-state index in [4.69, 9.17) is 18.9 Å². The van der Waals surface area contributed by atoms with Crippen LogP contribution in [0.2, 0.25) is 0 Å². The van der Waals surface area contributed by atoms with Gasteiger partial charge in [0, 0.05) is 45.5 Å². The molecule has 0 radical (unpaired) electrons. The normalized spacial score (nSPS) is 26.0. The number of amides is 1. The average Bonchev–Trinajstić information content (AvgIpc) is 2.94. The van der Waals surface area contributed by atoms with Crippen LogP contribution in [0.25, 0.3) is 0 Å². The first-order valence-corrected chi connectivity index (χ1v) is 14.5. The molecule has 0 unspecified atom stereocenters. The number of aliphatic hydroxyl groups excluding tert-OH is 2. The lowest BCUT2D eigenvalue weighted by Gasteiger charge is -2.49. The maximum Gasteiger partial charge on any atom is 0.342 e. The average molecular weight is 630 g/mol. The van der Waals surface area contributed by atoms with Crippen LogP contribution in [0.4, 0.5) is 8.78 Å². The monoisotopic (exact) mass is 629 g/mol. The Morgan fingerprint density at radius 2 is 1.82 bits per heavy atom. The highest BCUT2D eigenvalue weighted by Crippen LogP contribution is 2.50. The number of carbonyl (C=O) groups is 2. The second-order valence-corrected chi connectivity index (χ2v) is 12.5. The number of esters is 1. The van der Waals surface area contributed by atoms with Crippen LogP contribution in [-0.4, -0.2) is 95.3 Å². The molecule has 2 heterocycles. The van der Waals surface area contributed by atoms with E-state index in [2.05, 4.69) is 11.9 Å². The predicted molar refractivity (Wildman–Crippen MR) is 154 cm³/mol. The quantitative estimate of drug-likeness (QED) is 0.132. The Hall–Kier alpha value is -2.84. The zero-order chi connectivity index (χ0) is 33.3. The number of carbonyl (C=O) groups excluding carboxylic acids is 2. The second kappa shape index (κ2) is 13.7. The number of nitrogens with one attached hydrogen (secondary N) is 1. The number of cyclic esters (lactones) is 1. The third kappa shape index (κ3) is 7.17. The number of fused-ring (bicyclic) bond motifs is 1. The van der Waals surface area contributed by atoms with Gasteiger partial charge >= 0.3 is 5.97 Å². The van der Waals surface area contributed by atoms with Crippen molar-refractivity contribution in [1.82, 2.24) is 5.32 Å². The topological polar surface area (TPSA) is 164 Å². The highest BCUT2D eigenvalue weighted by Gasteiger charge is 2.59.